The molecule has 81 heavy (non-hydrogen) atoms. The van der Waals surface area contributed by atoms with Gasteiger partial charge < -0.3 is 72.5 Å². The van der Waals surface area contributed by atoms with Crippen LogP contribution in [0.2, 0.25) is 0 Å². The zero-order valence-corrected chi connectivity index (χ0v) is 48.2. The highest BCUT2D eigenvalue weighted by Crippen LogP contribution is 2.35. The molecule has 18 heteroatoms. The molecule has 10 rings (SSSR count). The van der Waals surface area contributed by atoms with Crippen LogP contribution in [-0.4, -0.2) is 138 Å². The van der Waals surface area contributed by atoms with Gasteiger partial charge in [-0.1, -0.05) is 26.0 Å². The molecule has 0 saturated carbocycles. The van der Waals surface area contributed by atoms with Crippen LogP contribution < -0.4 is 44.9 Å². The number of rotatable bonds is 18. The summed E-state index contributed by atoms with van der Waals surface area (Å²) in [6.45, 7) is 19.1. The van der Waals surface area contributed by atoms with Crippen LogP contribution in [0.15, 0.2) is 94.5 Å². The summed E-state index contributed by atoms with van der Waals surface area (Å²) in [5.74, 6) is 4.34. The molecule has 2 saturated heterocycles. The number of benzene rings is 4. The first-order valence-corrected chi connectivity index (χ1v) is 28.9. The van der Waals surface area contributed by atoms with Crippen LogP contribution in [0.1, 0.15) is 108 Å². The number of hydrogen-bond acceptors (Lipinski definition) is 15. The number of ether oxygens (including phenoxy) is 7. The Labute approximate surface area is 475 Å². The van der Waals surface area contributed by atoms with Crippen molar-refractivity contribution in [3.05, 3.63) is 128 Å². The summed E-state index contributed by atoms with van der Waals surface area (Å²) in [4.78, 5) is 45.9. The second-order valence-electron chi connectivity index (χ2n) is 22.4. The van der Waals surface area contributed by atoms with E-state index in [1.54, 1.807) is 37.0 Å². The van der Waals surface area contributed by atoms with Crippen LogP contribution in [0.3, 0.4) is 0 Å². The molecule has 18 nitrogen and oxygen atoms in total. The fourth-order valence-electron chi connectivity index (χ4n) is 11.3. The van der Waals surface area contributed by atoms with Gasteiger partial charge in [-0.25, -0.2) is 4.79 Å². The lowest BCUT2D eigenvalue weighted by molar-refractivity contribution is 0.00561. The molecule has 4 aromatic carbocycles. The SMILES string of the molecule is CCC(O)c1cc(OC)cc2c1ccc(=O)n2CCN1CCC(N(Cc2ccc3c(c2)OCCO3)C(=O)OC(C)(C)C)CC1.CCC(O)c1cc(OC)cc2c1ccc(=O)n2CCN1CCC(NCc2ccc3c(c2)OCCO3)CC1. The molecular formula is C63H82N6O12. The number of aromatic nitrogens is 2. The zero-order valence-electron chi connectivity index (χ0n) is 48.2. The van der Waals surface area contributed by atoms with Crippen molar-refractivity contribution in [1.29, 1.82) is 0 Å². The lowest BCUT2D eigenvalue weighted by Crippen LogP contribution is -2.49. The Morgan fingerprint density at radius 1 is 0.617 bits per heavy atom. The van der Waals surface area contributed by atoms with Crippen LogP contribution in [0.5, 0.6) is 34.5 Å². The zero-order chi connectivity index (χ0) is 57.2. The van der Waals surface area contributed by atoms with E-state index in [-0.39, 0.29) is 23.3 Å². The topological polar surface area (TPSA) is 188 Å². The molecule has 2 aromatic heterocycles. The van der Waals surface area contributed by atoms with Crippen molar-refractivity contribution in [2.24, 2.45) is 0 Å². The van der Waals surface area contributed by atoms with E-state index >= 15 is 0 Å². The average molecular weight is 1120 g/mol. The first-order valence-electron chi connectivity index (χ1n) is 28.9. The van der Waals surface area contributed by atoms with E-state index in [0.717, 1.165) is 121 Å². The Hall–Kier alpha value is -6.83. The molecule has 6 heterocycles. The number of carbonyl (C=O) groups is 1. The molecule has 0 bridgehead atoms. The predicted octanol–water partition coefficient (Wildman–Crippen LogP) is 8.61. The van der Waals surface area contributed by atoms with Gasteiger partial charge >= 0.3 is 6.09 Å². The first kappa shape index (κ1) is 58.8. The fourth-order valence-corrected chi connectivity index (χ4v) is 11.3. The van der Waals surface area contributed by atoms with Crippen LogP contribution >= 0.6 is 0 Å². The maximum absolute atomic E-state index is 13.4. The van der Waals surface area contributed by atoms with Gasteiger partial charge in [0.1, 0.15) is 43.5 Å². The Morgan fingerprint density at radius 3 is 1.54 bits per heavy atom. The molecule has 1 amide bonds. The number of nitrogens with one attached hydrogen (secondary N) is 1. The van der Waals surface area contributed by atoms with E-state index in [1.807, 2.05) is 98.7 Å². The number of hydrogen-bond donors (Lipinski definition) is 3. The second kappa shape index (κ2) is 26.8. The molecule has 0 spiro atoms. The van der Waals surface area contributed by atoms with Crippen LogP contribution in [0.25, 0.3) is 21.8 Å². The Bertz CT molecular complexity index is 3230. The summed E-state index contributed by atoms with van der Waals surface area (Å²) < 4.78 is 43.2. The van der Waals surface area contributed by atoms with Gasteiger partial charge in [0.05, 0.1) is 37.5 Å². The van der Waals surface area contributed by atoms with E-state index in [2.05, 4.69) is 27.2 Å². The summed E-state index contributed by atoms with van der Waals surface area (Å²) in [6, 6.07) is 26.7. The molecule has 6 aromatic rings. The number of nitrogens with zero attached hydrogens (tertiary/aromatic N) is 5. The summed E-state index contributed by atoms with van der Waals surface area (Å²) in [5.41, 5.74) is 4.56. The van der Waals surface area contributed by atoms with Crippen LogP contribution in [0, 0.1) is 0 Å². The summed E-state index contributed by atoms with van der Waals surface area (Å²) in [7, 11) is 3.20. The third-order valence-corrected chi connectivity index (χ3v) is 15.8. The summed E-state index contributed by atoms with van der Waals surface area (Å²) >= 11 is 0. The van der Waals surface area contributed by atoms with Gasteiger partial charge in [-0.15, -0.1) is 0 Å². The Morgan fingerprint density at radius 2 is 1.07 bits per heavy atom. The van der Waals surface area contributed by atoms with Crippen LogP contribution in [0.4, 0.5) is 4.79 Å². The number of piperidine rings is 2. The van der Waals surface area contributed by atoms with E-state index in [0.29, 0.717) is 88.7 Å². The van der Waals surface area contributed by atoms with Gasteiger partial charge in [0.25, 0.3) is 11.1 Å². The van der Waals surface area contributed by atoms with Gasteiger partial charge in [0.2, 0.25) is 0 Å². The van der Waals surface area contributed by atoms with Crippen molar-refractivity contribution in [3.8, 4) is 34.5 Å². The van der Waals surface area contributed by atoms with Gasteiger partial charge in [0.15, 0.2) is 23.0 Å². The van der Waals surface area contributed by atoms with E-state index < -0.39 is 17.8 Å². The lowest BCUT2D eigenvalue weighted by Gasteiger charge is -2.39. The maximum atomic E-state index is 13.4. The van der Waals surface area contributed by atoms with E-state index in [9.17, 15) is 24.6 Å². The number of fused-ring (bicyclic) bond motifs is 4. The van der Waals surface area contributed by atoms with Crippen molar-refractivity contribution >= 4 is 27.9 Å². The van der Waals surface area contributed by atoms with Crippen molar-refractivity contribution < 1.29 is 48.2 Å². The monoisotopic (exact) mass is 1110 g/mol. The van der Waals surface area contributed by atoms with Crippen LogP contribution in [-0.2, 0) is 30.9 Å². The number of aliphatic hydroxyl groups excluding tert-OH is 2. The molecule has 4 aliphatic rings. The molecule has 2 fully saturated rings. The minimum atomic E-state index is -0.646. The minimum Gasteiger partial charge on any atom is -0.497 e. The molecule has 2 unspecified atom stereocenters. The Balaban J connectivity index is 0.000000198. The number of likely N-dealkylation sites (tertiary alicyclic amines) is 2. The number of pyridine rings is 2. The van der Waals surface area contributed by atoms with Gasteiger partial charge in [0, 0.05) is 99.5 Å². The number of aliphatic hydroxyl groups is 2. The first-order chi connectivity index (χ1) is 39.1. The minimum absolute atomic E-state index is 0.0110. The fraction of sp³-hybridized carbons (Fsp3) is 0.508. The second-order valence-corrected chi connectivity index (χ2v) is 22.4. The molecular weight excluding hydrogens is 1030 g/mol. The third kappa shape index (κ3) is 14.6. The predicted molar refractivity (Wildman–Crippen MR) is 312 cm³/mol. The number of amides is 1. The molecule has 436 valence electrons. The van der Waals surface area contributed by atoms with Gasteiger partial charge in [-0.3, -0.25) is 9.59 Å². The normalized spacial score (nSPS) is 16.8. The smallest absolute Gasteiger partial charge is 0.410 e. The molecule has 4 aliphatic heterocycles. The quantitative estimate of drug-likeness (QED) is 0.0742. The number of carbonyl (C=O) groups excluding carboxylic acids is 1. The molecule has 3 N–H and O–H groups in total. The highest BCUT2D eigenvalue weighted by molar-refractivity contribution is 5.85. The maximum Gasteiger partial charge on any atom is 0.410 e. The largest absolute Gasteiger partial charge is 0.497 e. The van der Waals surface area contributed by atoms with Crippen molar-refractivity contribution in [1.82, 2.24) is 29.2 Å². The average Bonchev–Trinajstić information content (AvgIpc) is 3.52. The molecule has 0 radical (unpaired) electrons. The Kier molecular flexibility index (Phi) is 19.5. The summed E-state index contributed by atoms with van der Waals surface area (Å²) in [6.07, 6.45) is 3.29. The number of methoxy groups -OCH3 is 2. The summed E-state index contributed by atoms with van der Waals surface area (Å²) in [5, 5.41) is 26.7. The van der Waals surface area contributed by atoms with Crippen molar-refractivity contribution in [2.75, 3.05) is 79.9 Å². The standard InChI is InChI=1S/C34H45N3O7.C29H37N3O5/c1-6-29(38)27-20-25(41-5)21-28-26(27)8-10-32(39)36(28)16-15-35-13-11-24(12-14-35)37(33(40)44-34(2,3)4)22-23-7-9-30-31(19-23)43-18-17-42-30;1-3-26(33)24-17-22(35-2)18-25-23(24)5-7-29(34)32(25)13-12-31-10-8-21(9-11-31)30-19-20-4-6-27-28(16-20)37-15-14-36-27/h7-10,19-21,24,29,38H,6,11-18,22H2,1-5H3;4-7,16-18,21,26,30,33H,3,8-15,19H2,1-2H3. The van der Waals surface area contributed by atoms with Crippen molar-refractivity contribution in [2.45, 2.75) is 129 Å². The highest BCUT2D eigenvalue weighted by Gasteiger charge is 2.32. The van der Waals surface area contributed by atoms with Gasteiger partial charge in [-0.05, 0) is 143 Å². The van der Waals surface area contributed by atoms with E-state index in [1.165, 1.54) is 5.56 Å². The third-order valence-electron chi connectivity index (χ3n) is 15.8. The molecule has 2 atom stereocenters. The molecule has 0 aliphatic carbocycles. The van der Waals surface area contributed by atoms with Gasteiger partial charge in [-0.2, -0.15) is 0 Å². The lowest BCUT2D eigenvalue weighted by atomic mass is 10.0. The van der Waals surface area contributed by atoms with E-state index in [4.69, 9.17) is 33.2 Å². The van der Waals surface area contributed by atoms with Crippen molar-refractivity contribution in [3.63, 3.8) is 0 Å². The highest BCUT2D eigenvalue weighted by atomic mass is 16.6.